The second kappa shape index (κ2) is 5.41. The summed E-state index contributed by atoms with van der Waals surface area (Å²) in [4.78, 5) is 0. The standard InChI is InChI=1S/C16H13F3O/c1-3-11-6-4-5-7-13(11)14-9-8-12(16(17,18)19)10-15(14)20-2/h3-10H,1H2,2H3. The van der Waals surface area contributed by atoms with E-state index in [4.69, 9.17) is 4.74 Å². The molecule has 0 aromatic heterocycles. The van der Waals surface area contributed by atoms with Crippen LogP contribution in [0, 0.1) is 0 Å². The minimum Gasteiger partial charge on any atom is -0.496 e. The summed E-state index contributed by atoms with van der Waals surface area (Å²) in [5, 5.41) is 0. The smallest absolute Gasteiger partial charge is 0.416 e. The van der Waals surface area contributed by atoms with E-state index in [1.807, 2.05) is 24.3 Å². The van der Waals surface area contributed by atoms with Gasteiger partial charge in [-0.15, -0.1) is 0 Å². The third kappa shape index (κ3) is 2.69. The van der Waals surface area contributed by atoms with Crippen molar-refractivity contribution in [2.45, 2.75) is 6.18 Å². The fourth-order valence-corrected chi connectivity index (χ4v) is 2.01. The van der Waals surface area contributed by atoms with Crippen molar-refractivity contribution < 1.29 is 17.9 Å². The first-order valence-electron chi connectivity index (χ1n) is 5.94. The van der Waals surface area contributed by atoms with E-state index < -0.39 is 11.7 Å². The van der Waals surface area contributed by atoms with Gasteiger partial charge in [0.2, 0.25) is 0 Å². The summed E-state index contributed by atoms with van der Waals surface area (Å²) in [6.07, 6.45) is -2.73. The Hall–Kier alpha value is -2.23. The summed E-state index contributed by atoms with van der Waals surface area (Å²) in [6.45, 7) is 3.71. The SMILES string of the molecule is C=Cc1ccccc1-c1ccc(C(F)(F)F)cc1OC. The number of hydrogen-bond donors (Lipinski definition) is 0. The molecule has 0 radical (unpaired) electrons. The lowest BCUT2D eigenvalue weighted by Crippen LogP contribution is -2.05. The van der Waals surface area contributed by atoms with E-state index in [2.05, 4.69) is 6.58 Å². The molecule has 0 saturated carbocycles. The molecule has 0 bridgehead atoms. The molecule has 0 heterocycles. The lowest BCUT2D eigenvalue weighted by Gasteiger charge is -2.14. The molecule has 0 aliphatic carbocycles. The molecular weight excluding hydrogens is 265 g/mol. The van der Waals surface area contributed by atoms with Gasteiger partial charge < -0.3 is 4.74 Å². The van der Waals surface area contributed by atoms with Crippen LogP contribution in [0.3, 0.4) is 0 Å². The van der Waals surface area contributed by atoms with Crippen molar-refractivity contribution >= 4 is 6.08 Å². The summed E-state index contributed by atoms with van der Waals surface area (Å²) in [5.74, 6) is 0.189. The second-order valence-corrected chi connectivity index (χ2v) is 4.20. The predicted molar refractivity (Wildman–Crippen MR) is 73.5 cm³/mol. The number of hydrogen-bond acceptors (Lipinski definition) is 1. The molecule has 20 heavy (non-hydrogen) atoms. The van der Waals surface area contributed by atoms with Gasteiger partial charge in [-0.25, -0.2) is 0 Å². The van der Waals surface area contributed by atoms with Crippen LogP contribution in [0.2, 0.25) is 0 Å². The average molecular weight is 278 g/mol. The van der Waals surface area contributed by atoms with Crippen molar-refractivity contribution in [3.63, 3.8) is 0 Å². The molecule has 0 saturated heterocycles. The summed E-state index contributed by atoms with van der Waals surface area (Å²) in [5.41, 5.74) is 1.50. The van der Waals surface area contributed by atoms with E-state index in [-0.39, 0.29) is 5.75 Å². The van der Waals surface area contributed by atoms with Crippen molar-refractivity contribution in [3.8, 4) is 16.9 Å². The number of ether oxygens (including phenoxy) is 1. The first kappa shape index (κ1) is 14.2. The van der Waals surface area contributed by atoms with E-state index in [0.717, 1.165) is 23.3 Å². The van der Waals surface area contributed by atoms with Crippen LogP contribution in [0.1, 0.15) is 11.1 Å². The first-order chi connectivity index (χ1) is 9.47. The number of alkyl halides is 3. The maximum absolute atomic E-state index is 12.7. The summed E-state index contributed by atoms with van der Waals surface area (Å²) >= 11 is 0. The highest BCUT2D eigenvalue weighted by atomic mass is 19.4. The zero-order valence-corrected chi connectivity index (χ0v) is 10.9. The third-order valence-corrected chi connectivity index (χ3v) is 3.00. The van der Waals surface area contributed by atoms with E-state index in [9.17, 15) is 13.2 Å². The quantitative estimate of drug-likeness (QED) is 0.765. The fourth-order valence-electron chi connectivity index (χ4n) is 2.01. The Morgan fingerprint density at radius 1 is 1.05 bits per heavy atom. The average Bonchev–Trinajstić information content (AvgIpc) is 2.45. The monoisotopic (exact) mass is 278 g/mol. The molecule has 4 heteroatoms. The normalized spacial score (nSPS) is 11.2. The zero-order chi connectivity index (χ0) is 14.8. The van der Waals surface area contributed by atoms with Crippen molar-refractivity contribution in [2.24, 2.45) is 0 Å². The predicted octanol–water partition coefficient (Wildman–Crippen LogP) is 5.02. The van der Waals surface area contributed by atoms with Gasteiger partial charge in [-0.2, -0.15) is 13.2 Å². The lowest BCUT2D eigenvalue weighted by molar-refractivity contribution is -0.137. The number of rotatable bonds is 3. The highest BCUT2D eigenvalue weighted by molar-refractivity contribution is 5.79. The molecule has 2 aromatic carbocycles. The molecule has 104 valence electrons. The van der Waals surface area contributed by atoms with Crippen LogP contribution in [-0.4, -0.2) is 7.11 Å². The van der Waals surface area contributed by atoms with Crippen molar-refractivity contribution in [1.82, 2.24) is 0 Å². The van der Waals surface area contributed by atoms with Gasteiger partial charge in [-0.05, 0) is 23.3 Å². The Kier molecular flexibility index (Phi) is 3.84. The molecule has 1 nitrogen and oxygen atoms in total. The first-order valence-corrected chi connectivity index (χ1v) is 5.94. The van der Waals surface area contributed by atoms with Crippen LogP contribution in [0.15, 0.2) is 49.0 Å². The highest BCUT2D eigenvalue weighted by Crippen LogP contribution is 2.38. The molecule has 0 atom stereocenters. The van der Waals surface area contributed by atoms with Crippen molar-refractivity contribution in [1.29, 1.82) is 0 Å². The maximum atomic E-state index is 12.7. The highest BCUT2D eigenvalue weighted by Gasteiger charge is 2.31. The molecule has 2 aromatic rings. The molecule has 0 fully saturated rings. The minimum atomic E-state index is -4.39. The largest absolute Gasteiger partial charge is 0.496 e. The molecule has 0 N–H and O–H groups in total. The number of benzene rings is 2. The Morgan fingerprint density at radius 2 is 1.75 bits per heavy atom. The Labute approximate surface area is 115 Å². The second-order valence-electron chi connectivity index (χ2n) is 4.20. The van der Waals surface area contributed by atoms with Gasteiger partial charge in [0.15, 0.2) is 0 Å². The van der Waals surface area contributed by atoms with Gasteiger partial charge in [0.1, 0.15) is 5.75 Å². The van der Waals surface area contributed by atoms with Crippen LogP contribution in [0.25, 0.3) is 17.2 Å². The van der Waals surface area contributed by atoms with Gasteiger partial charge >= 0.3 is 6.18 Å². The van der Waals surface area contributed by atoms with Crippen molar-refractivity contribution in [3.05, 3.63) is 60.2 Å². The van der Waals surface area contributed by atoms with E-state index >= 15 is 0 Å². The number of methoxy groups -OCH3 is 1. The minimum absolute atomic E-state index is 0.189. The third-order valence-electron chi connectivity index (χ3n) is 3.00. The number of halogens is 3. The van der Waals surface area contributed by atoms with Gasteiger partial charge in [-0.1, -0.05) is 43.0 Å². The molecule has 0 spiro atoms. The van der Waals surface area contributed by atoms with Gasteiger partial charge in [-0.3, -0.25) is 0 Å². The molecular formula is C16H13F3O. The molecule has 0 aliphatic heterocycles. The van der Waals surface area contributed by atoms with Crippen LogP contribution >= 0.6 is 0 Å². The van der Waals surface area contributed by atoms with Gasteiger partial charge in [0, 0.05) is 5.56 Å². The van der Waals surface area contributed by atoms with Crippen LogP contribution in [-0.2, 0) is 6.18 Å². The molecule has 0 amide bonds. The van der Waals surface area contributed by atoms with E-state index in [1.165, 1.54) is 13.2 Å². The van der Waals surface area contributed by atoms with Crippen molar-refractivity contribution in [2.75, 3.05) is 7.11 Å². The van der Waals surface area contributed by atoms with E-state index in [0.29, 0.717) is 5.56 Å². The summed E-state index contributed by atoms with van der Waals surface area (Å²) in [7, 11) is 1.36. The maximum Gasteiger partial charge on any atom is 0.416 e. The topological polar surface area (TPSA) is 9.23 Å². The van der Waals surface area contributed by atoms with Gasteiger partial charge in [0.25, 0.3) is 0 Å². The summed E-state index contributed by atoms with van der Waals surface area (Å²) in [6, 6.07) is 10.8. The molecule has 0 aliphatic rings. The molecule has 0 unspecified atom stereocenters. The fraction of sp³-hybridized carbons (Fsp3) is 0.125. The Morgan fingerprint density at radius 3 is 2.35 bits per heavy atom. The lowest BCUT2D eigenvalue weighted by atomic mass is 9.97. The Balaban J connectivity index is 2.60. The Bertz CT molecular complexity index is 630. The van der Waals surface area contributed by atoms with Crippen LogP contribution in [0.5, 0.6) is 5.75 Å². The van der Waals surface area contributed by atoms with Crippen LogP contribution < -0.4 is 4.74 Å². The van der Waals surface area contributed by atoms with Gasteiger partial charge in [0.05, 0.1) is 12.7 Å². The summed E-state index contributed by atoms with van der Waals surface area (Å²) < 4.78 is 43.2. The molecule has 2 rings (SSSR count). The van der Waals surface area contributed by atoms with E-state index in [1.54, 1.807) is 6.08 Å². The van der Waals surface area contributed by atoms with Crippen LogP contribution in [0.4, 0.5) is 13.2 Å². The zero-order valence-electron chi connectivity index (χ0n) is 10.9.